The van der Waals surface area contributed by atoms with Crippen LogP contribution in [0.2, 0.25) is 0 Å². The molecule has 0 heterocycles. The van der Waals surface area contributed by atoms with Crippen LogP contribution < -0.4 is 10.1 Å². The van der Waals surface area contributed by atoms with Crippen LogP contribution in [0.3, 0.4) is 0 Å². The van der Waals surface area contributed by atoms with Crippen LogP contribution in [0.1, 0.15) is 27.6 Å². The summed E-state index contributed by atoms with van der Waals surface area (Å²) in [6, 6.07) is 11.7. The van der Waals surface area contributed by atoms with E-state index in [1.165, 1.54) is 14.2 Å². The Balaban J connectivity index is 2.33. The summed E-state index contributed by atoms with van der Waals surface area (Å²) in [4.78, 5) is 24.1. The zero-order chi connectivity index (χ0) is 18.4. The average Bonchev–Trinajstić information content (AvgIpc) is 2.66. The molecule has 0 radical (unpaired) electrons. The standard InChI is InChI=1S/C19H21NO5/c1-12(11-21)20-18(22)14-6-4-13(5-7-14)16-9-8-15(24-2)10-17(16)19(23)25-3/h4-10,12,21H,11H2,1-3H3,(H,20,22)/t12-/m1/s1. The van der Waals surface area contributed by atoms with Gasteiger partial charge in [-0.1, -0.05) is 12.1 Å². The van der Waals surface area contributed by atoms with Crippen molar-refractivity contribution >= 4 is 11.9 Å². The van der Waals surface area contributed by atoms with Crippen molar-refractivity contribution in [1.29, 1.82) is 0 Å². The predicted molar refractivity (Wildman–Crippen MR) is 93.8 cm³/mol. The molecule has 2 rings (SSSR count). The molecule has 2 aromatic carbocycles. The number of hydrogen-bond acceptors (Lipinski definition) is 5. The van der Waals surface area contributed by atoms with Gasteiger partial charge in [-0.15, -0.1) is 0 Å². The number of ether oxygens (including phenoxy) is 2. The van der Waals surface area contributed by atoms with Crippen molar-refractivity contribution in [1.82, 2.24) is 5.32 Å². The van der Waals surface area contributed by atoms with Crippen molar-refractivity contribution in [3.05, 3.63) is 53.6 Å². The highest BCUT2D eigenvalue weighted by atomic mass is 16.5. The summed E-state index contributed by atoms with van der Waals surface area (Å²) in [5.41, 5.74) is 2.31. The maximum Gasteiger partial charge on any atom is 0.338 e. The number of esters is 1. The summed E-state index contributed by atoms with van der Waals surface area (Å²) in [6.45, 7) is 1.59. The Labute approximate surface area is 146 Å². The molecule has 6 nitrogen and oxygen atoms in total. The minimum atomic E-state index is -0.465. The van der Waals surface area contributed by atoms with Crippen LogP contribution in [0.4, 0.5) is 0 Å². The van der Waals surface area contributed by atoms with E-state index in [1.807, 2.05) is 0 Å². The Hall–Kier alpha value is -2.86. The molecular formula is C19H21NO5. The number of amides is 1. The third kappa shape index (κ3) is 4.36. The molecule has 0 saturated heterocycles. The quantitative estimate of drug-likeness (QED) is 0.786. The van der Waals surface area contributed by atoms with Gasteiger partial charge in [0.1, 0.15) is 5.75 Å². The van der Waals surface area contributed by atoms with Crippen molar-refractivity contribution in [2.75, 3.05) is 20.8 Å². The topological polar surface area (TPSA) is 84.9 Å². The fraction of sp³-hybridized carbons (Fsp3) is 0.263. The highest BCUT2D eigenvalue weighted by Gasteiger charge is 2.15. The molecule has 0 aliphatic heterocycles. The summed E-state index contributed by atoms with van der Waals surface area (Å²) >= 11 is 0. The second-order valence-corrected chi connectivity index (χ2v) is 5.54. The molecule has 1 amide bonds. The van der Waals surface area contributed by atoms with Gasteiger partial charge < -0.3 is 19.9 Å². The molecule has 132 valence electrons. The van der Waals surface area contributed by atoms with Crippen LogP contribution in [0.15, 0.2) is 42.5 Å². The minimum absolute atomic E-state index is 0.127. The number of aliphatic hydroxyl groups excluding tert-OH is 1. The van der Waals surface area contributed by atoms with Gasteiger partial charge in [-0.05, 0) is 48.4 Å². The van der Waals surface area contributed by atoms with Gasteiger partial charge in [-0.25, -0.2) is 4.79 Å². The molecule has 0 aliphatic rings. The molecule has 0 fully saturated rings. The van der Waals surface area contributed by atoms with Crippen molar-refractivity contribution < 1.29 is 24.2 Å². The molecule has 2 aromatic rings. The molecule has 25 heavy (non-hydrogen) atoms. The van der Waals surface area contributed by atoms with E-state index in [2.05, 4.69) is 5.32 Å². The largest absolute Gasteiger partial charge is 0.497 e. The molecule has 0 saturated carbocycles. The lowest BCUT2D eigenvalue weighted by molar-refractivity contribution is 0.0601. The Kier molecular flexibility index (Phi) is 6.14. The van der Waals surface area contributed by atoms with E-state index in [0.29, 0.717) is 22.4 Å². The van der Waals surface area contributed by atoms with E-state index < -0.39 is 5.97 Å². The summed E-state index contributed by atoms with van der Waals surface area (Å²) in [5, 5.41) is 11.7. The highest BCUT2D eigenvalue weighted by molar-refractivity contribution is 5.99. The molecule has 0 spiro atoms. The zero-order valence-electron chi connectivity index (χ0n) is 14.4. The van der Waals surface area contributed by atoms with E-state index in [0.717, 1.165) is 5.56 Å². The number of carbonyl (C=O) groups excluding carboxylic acids is 2. The van der Waals surface area contributed by atoms with E-state index >= 15 is 0 Å². The molecular weight excluding hydrogens is 322 g/mol. The fourth-order valence-electron chi connectivity index (χ4n) is 2.33. The number of nitrogens with one attached hydrogen (secondary N) is 1. The van der Waals surface area contributed by atoms with Gasteiger partial charge in [0.25, 0.3) is 5.91 Å². The number of aliphatic hydroxyl groups is 1. The number of methoxy groups -OCH3 is 2. The maximum absolute atomic E-state index is 12.1. The molecule has 0 unspecified atom stereocenters. The molecule has 1 atom stereocenters. The Bertz CT molecular complexity index is 755. The maximum atomic E-state index is 12.1. The molecule has 0 bridgehead atoms. The lowest BCUT2D eigenvalue weighted by Gasteiger charge is -2.12. The summed E-state index contributed by atoms with van der Waals surface area (Å²) in [5.74, 6) is -0.179. The van der Waals surface area contributed by atoms with E-state index in [9.17, 15) is 9.59 Å². The monoisotopic (exact) mass is 343 g/mol. The van der Waals surface area contributed by atoms with Gasteiger partial charge in [-0.3, -0.25) is 4.79 Å². The van der Waals surface area contributed by atoms with Gasteiger partial charge >= 0.3 is 5.97 Å². The Morgan fingerprint density at radius 3 is 2.36 bits per heavy atom. The second-order valence-electron chi connectivity index (χ2n) is 5.54. The average molecular weight is 343 g/mol. The van der Waals surface area contributed by atoms with Gasteiger partial charge in [0.05, 0.1) is 26.4 Å². The van der Waals surface area contributed by atoms with E-state index in [4.69, 9.17) is 14.6 Å². The third-order valence-electron chi connectivity index (χ3n) is 3.74. The first-order chi connectivity index (χ1) is 12.0. The summed E-state index contributed by atoms with van der Waals surface area (Å²) < 4.78 is 9.99. The van der Waals surface area contributed by atoms with Crippen LogP contribution in [0.25, 0.3) is 11.1 Å². The smallest absolute Gasteiger partial charge is 0.338 e. The van der Waals surface area contributed by atoms with Crippen LogP contribution in [-0.4, -0.2) is 43.9 Å². The summed E-state index contributed by atoms with van der Waals surface area (Å²) in [6.07, 6.45) is 0. The van der Waals surface area contributed by atoms with Crippen molar-refractivity contribution in [2.45, 2.75) is 13.0 Å². The first kappa shape index (κ1) is 18.5. The Morgan fingerprint density at radius 2 is 1.80 bits per heavy atom. The fourth-order valence-corrected chi connectivity index (χ4v) is 2.33. The van der Waals surface area contributed by atoms with E-state index in [-0.39, 0.29) is 18.6 Å². The number of hydrogen-bond donors (Lipinski definition) is 2. The number of rotatable bonds is 6. The van der Waals surface area contributed by atoms with Gasteiger partial charge in [0.2, 0.25) is 0 Å². The minimum Gasteiger partial charge on any atom is -0.497 e. The summed E-state index contributed by atoms with van der Waals surface area (Å²) in [7, 11) is 2.85. The number of benzene rings is 2. The van der Waals surface area contributed by atoms with Crippen molar-refractivity contribution in [3.8, 4) is 16.9 Å². The lowest BCUT2D eigenvalue weighted by Crippen LogP contribution is -2.34. The first-order valence-electron chi connectivity index (χ1n) is 7.78. The van der Waals surface area contributed by atoms with Crippen LogP contribution in [0, 0.1) is 0 Å². The van der Waals surface area contributed by atoms with Crippen LogP contribution in [0.5, 0.6) is 5.75 Å². The second kappa shape index (κ2) is 8.30. The highest BCUT2D eigenvalue weighted by Crippen LogP contribution is 2.28. The lowest BCUT2D eigenvalue weighted by atomic mass is 9.98. The van der Waals surface area contributed by atoms with E-state index in [1.54, 1.807) is 49.4 Å². The first-order valence-corrected chi connectivity index (χ1v) is 7.78. The number of carbonyl (C=O) groups is 2. The Morgan fingerprint density at radius 1 is 1.12 bits per heavy atom. The molecule has 0 aromatic heterocycles. The van der Waals surface area contributed by atoms with Crippen LogP contribution in [-0.2, 0) is 4.74 Å². The van der Waals surface area contributed by atoms with Gasteiger partial charge in [0.15, 0.2) is 0 Å². The SMILES string of the molecule is COC(=O)c1cc(OC)ccc1-c1ccc(C(=O)N[C@H](C)CO)cc1. The van der Waals surface area contributed by atoms with Crippen LogP contribution >= 0.6 is 0 Å². The van der Waals surface area contributed by atoms with Crippen molar-refractivity contribution in [3.63, 3.8) is 0 Å². The molecule has 6 heteroatoms. The molecule has 0 aliphatic carbocycles. The zero-order valence-corrected chi connectivity index (χ0v) is 14.4. The molecule has 2 N–H and O–H groups in total. The van der Waals surface area contributed by atoms with Crippen molar-refractivity contribution in [2.24, 2.45) is 0 Å². The predicted octanol–water partition coefficient (Wildman–Crippen LogP) is 2.26. The van der Waals surface area contributed by atoms with Gasteiger partial charge in [0, 0.05) is 11.6 Å². The van der Waals surface area contributed by atoms with Gasteiger partial charge in [-0.2, -0.15) is 0 Å². The normalized spacial score (nSPS) is 11.5. The third-order valence-corrected chi connectivity index (χ3v) is 3.74.